The summed E-state index contributed by atoms with van der Waals surface area (Å²) in [6.45, 7) is 0.875. The number of halogens is 2. The van der Waals surface area contributed by atoms with Gasteiger partial charge >= 0.3 is 0 Å². The molecule has 3 rings (SSSR count). The summed E-state index contributed by atoms with van der Waals surface area (Å²) in [6, 6.07) is 5.68. The monoisotopic (exact) mass is 506 g/mol. The Morgan fingerprint density at radius 3 is 2.92 bits per heavy atom. The molecular weight excluding hydrogens is 487 g/mol. The van der Waals surface area contributed by atoms with E-state index in [1.165, 1.54) is 0 Å². The number of thiazole rings is 1. The number of nitrogens with one attached hydrogen (secondary N) is 2. The van der Waals surface area contributed by atoms with E-state index >= 15 is 0 Å². The molecule has 0 fully saturated rings. The number of fused-ring (bicyclic) bond motifs is 1. The number of aryl methyl sites for hydroxylation is 1. The van der Waals surface area contributed by atoms with Crippen molar-refractivity contribution in [1.82, 2.24) is 25.4 Å². The van der Waals surface area contributed by atoms with Crippen LogP contribution in [0.4, 0.5) is 0 Å². The van der Waals surface area contributed by atoms with Crippen molar-refractivity contribution in [3.05, 3.63) is 46.2 Å². The van der Waals surface area contributed by atoms with Gasteiger partial charge in [-0.05, 0) is 18.2 Å². The fourth-order valence-corrected chi connectivity index (χ4v) is 3.38. The molecule has 26 heavy (non-hydrogen) atoms. The van der Waals surface area contributed by atoms with Gasteiger partial charge in [0, 0.05) is 37.4 Å². The van der Waals surface area contributed by atoms with Gasteiger partial charge in [0.1, 0.15) is 5.01 Å². The van der Waals surface area contributed by atoms with Crippen LogP contribution in [0.15, 0.2) is 35.6 Å². The number of hydrogen-bond acceptors (Lipinski definition) is 5. The van der Waals surface area contributed by atoms with Gasteiger partial charge in [0.25, 0.3) is 0 Å². The molecule has 0 radical (unpaired) electrons. The molecule has 0 aliphatic rings. The third-order valence-corrected chi connectivity index (χ3v) is 4.87. The topological polar surface area (TPSA) is 87.4 Å². The van der Waals surface area contributed by atoms with Gasteiger partial charge in [-0.3, -0.25) is 9.67 Å². The van der Waals surface area contributed by atoms with Crippen LogP contribution in [0, 0.1) is 0 Å². The lowest BCUT2D eigenvalue weighted by molar-refractivity contribution is 0.180. The Hall–Kier alpha value is -1.43. The molecule has 0 aliphatic carbocycles. The van der Waals surface area contributed by atoms with Crippen LogP contribution < -0.4 is 10.6 Å². The van der Waals surface area contributed by atoms with Crippen molar-refractivity contribution in [2.45, 2.75) is 12.6 Å². The predicted octanol–water partition coefficient (Wildman–Crippen LogP) is 2.70. The van der Waals surface area contributed by atoms with Crippen molar-refractivity contribution < 1.29 is 5.11 Å². The van der Waals surface area contributed by atoms with Crippen LogP contribution in [-0.4, -0.2) is 39.4 Å². The second-order valence-electron chi connectivity index (χ2n) is 5.49. The van der Waals surface area contributed by atoms with Crippen LogP contribution >= 0.6 is 46.9 Å². The van der Waals surface area contributed by atoms with Gasteiger partial charge in [0.05, 0.1) is 29.1 Å². The van der Waals surface area contributed by atoms with Gasteiger partial charge < -0.3 is 15.7 Å². The quantitative estimate of drug-likeness (QED) is 0.281. The molecule has 1 atom stereocenters. The zero-order valence-electron chi connectivity index (χ0n) is 14.3. The van der Waals surface area contributed by atoms with E-state index in [1.54, 1.807) is 35.5 Å². The summed E-state index contributed by atoms with van der Waals surface area (Å²) in [7, 11) is 3.50. The number of aliphatic hydroxyl groups is 1. The van der Waals surface area contributed by atoms with Crippen LogP contribution in [0.25, 0.3) is 10.2 Å². The van der Waals surface area contributed by atoms with E-state index < -0.39 is 6.10 Å². The predicted molar refractivity (Wildman–Crippen MR) is 116 cm³/mol. The molecule has 0 amide bonds. The van der Waals surface area contributed by atoms with Crippen LogP contribution in [-0.2, 0) is 13.6 Å². The lowest BCUT2D eigenvalue weighted by Crippen LogP contribution is -2.38. The molecule has 2 aromatic heterocycles. The van der Waals surface area contributed by atoms with Crippen molar-refractivity contribution in [3.8, 4) is 0 Å². The summed E-state index contributed by atoms with van der Waals surface area (Å²) in [5.41, 5.74) is 1.65. The van der Waals surface area contributed by atoms with E-state index in [2.05, 4.69) is 25.7 Å². The van der Waals surface area contributed by atoms with Crippen molar-refractivity contribution >= 4 is 63.1 Å². The van der Waals surface area contributed by atoms with Gasteiger partial charge in [0.15, 0.2) is 5.96 Å². The number of hydrogen-bond donors (Lipinski definition) is 3. The zero-order valence-corrected chi connectivity index (χ0v) is 18.2. The van der Waals surface area contributed by atoms with E-state index in [0.29, 0.717) is 24.1 Å². The first-order valence-corrected chi connectivity index (χ1v) is 8.90. The molecule has 3 aromatic rings. The SMILES string of the molecule is CN=C(NCc1nc2cc(Cl)ccc2s1)NCC(O)c1cnn(C)c1.I. The van der Waals surface area contributed by atoms with Gasteiger partial charge in [0.2, 0.25) is 0 Å². The molecule has 1 aromatic carbocycles. The number of nitrogens with zero attached hydrogens (tertiary/aromatic N) is 4. The van der Waals surface area contributed by atoms with Crippen LogP contribution in [0.1, 0.15) is 16.7 Å². The number of aliphatic imine (C=N–C) groups is 1. The normalized spacial score (nSPS) is 12.7. The highest BCUT2D eigenvalue weighted by molar-refractivity contribution is 14.0. The van der Waals surface area contributed by atoms with Crippen molar-refractivity contribution in [2.75, 3.05) is 13.6 Å². The minimum atomic E-state index is -0.656. The Labute approximate surface area is 177 Å². The van der Waals surface area contributed by atoms with E-state index in [1.807, 2.05) is 25.2 Å². The molecule has 0 bridgehead atoms. The largest absolute Gasteiger partial charge is 0.386 e. The van der Waals surface area contributed by atoms with Gasteiger partial charge in [-0.15, -0.1) is 35.3 Å². The molecule has 3 N–H and O–H groups in total. The first-order chi connectivity index (χ1) is 12.0. The number of rotatable bonds is 5. The highest BCUT2D eigenvalue weighted by Crippen LogP contribution is 2.24. The molecule has 1 unspecified atom stereocenters. The number of benzene rings is 1. The number of guanidine groups is 1. The zero-order chi connectivity index (χ0) is 17.8. The molecule has 0 saturated heterocycles. The van der Waals surface area contributed by atoms with Gasteiger partial charge in [-0.25, -0.2) is 4.98 Å². The maximum absolute atomic E-state index is 10.2. The molecule has 10 heteroatoms. The third-order valence-electron chi connectivity index (χ3n) is 3.60. The Morgan fingerprint density at radius 1 is 1.42 bits per heavy atom. The van der Waals surface area contributed by atoms with E-state index in [4.69, 9.17) is 11.6 Å². The first-order valence-electron chi connectivity index (χ1n) is 7.71. The maximum atomic E-state index is 10.2. The molecular formula is C16H20ClIN6OS. The highest BCUT2D eigenvalue weighted by atomic mass is 127. The van der Waals surface area contributed by atoms with E-state index in [0.717, 1.165) is 20.8 Å². The third kappa shape index (κ3) is 5.29. The maximum Gasteiger partial charge on any atom is 0.191 e. The minimum Gasteiger partial charge on any atom is -0.386 e. The van der Waals surface area contributed by atoms with Gasteiger partial charge in [-0.1, -0.05) is 11.6 Å². The van der Waals surface area contributed by atoms with Gasteiger partial charge in [-0.2, -0.15) is 5.10 Å². The van der Waals surface area contributed by atoms with E-state index in [-0.39, 0.29) is 24.0 Å². The minimum absolute atomic E-state index is 0. The molecule has 0 saturated carbocycles. The number of aromatic nitrogens is 3. The Bertz CT molecular complexity index is 896. The summed E-state index contributed by atoms with van der Waals surface area (Å²) < 4.78 is 2.75. The second-order valence-corrected chi connectivity index (χ2v) is 7.04. The summed E-state index contributed by atoms with van der Waals surface area (Å²) in [5.74, 6) is 0.597. The standard InChI is InChI=1S/C16H19ClN6OS.HI/c1-18-16(19-7-13(24)10-6-21-23(2)9-10)20-8-15-22-12-5-11(17)3-4-14(12)25-15;/h3-6,9,13,24H,7-8H2,1-2H3,(H2,18,19,20);1H. The van der Waals surface area contributed by atoms with Crippen molar-refractivity contribution in [1.29, 1.82) is 0 Å². The van der Waals surface area contributed by atoms with Crippen LogP contribution in [0.2, 0.25) is 5.02 Å². The average Bonchev–Trinajstić information content (AvgIpc) is 3.20. The summed E-state index contributed by atoms with van der Waals surface area (Å²) >= 11 is 7.60. The molecule has 0 aliphatic heterocycles. The summed E-state index contributed by atoms with van der Waals surface area (Å²) in [4.78, 5) is 8.71. The Morgan fingerprint density at radius 2 is 2.23 bits per heavy atom. The molecule has 7 nitrogen and oxygen atoms in total. The average molecular weight is 507 g/mol. The van der Waals surface area contributed by atoms with E-state index in [9.17, 15) is 5.11 Å². The number of aliphatic hydroxyl groups excluding tert-OH is 1. The second kappa shape index (κ2) is 9.49. The highest BCUT2D eigenvalue weighted by Gasteiger charge is 2.11. The van der Waals surface area contributed by atoms with Crippen LogP contribution in [0.5, 0.6) is 0 Å². The summed E-state index contributed by atoms with van der Waals surface area (Å²) in [5, 5.41) is 22.1. The smallest absolute Gasteiger partial charge is 0.191 e. The lowest BCUT2D eigenvalue weighted by atomic mass is 10.2. The Kier molecular flexibility index (Phi) is 7.62. The Balaban J connectivity index is 0.00000243. The molecule has 140 valence electrons. The van der Waals surface area contributed by atoms with Crippen LogP contribution in [0.3, 0.4) is 0 Å². The van der Waals surface area contributed by atoms with Crippen molar-refractivity contribution in [2.24, 2.45) is 12.0 Å². The lowest BCUT2D eigenvalue weighted by Gasteiger charge is -2.13. The summed E-state index contributed by atoms with van der Waals surface area (Å²) in [6.07, 6.45) is 2.78. The molecule has 2 heterocycles. The fourth-order valence-electron chi connectivity index (χ4n) is 2.33. The van der Waals surface area contributed by atoms with Crippen molar-refractivity contribution in [3.63, 3.8) is 0 Å². The fraction of sp³-hybridized carbons (Fsp3) is 0.312. The first kappa shape index (κ1) is 20.9. The molecule has 0 spiro atoms.